The van der Waals surface area contributed by atoms with E-state index in [1.165, 1.54) is 0 Å². The second-order valence-electron chi connectivity index (χ2n) is 2.01. The maximum absolute atomic E-state index is 10.6. The number of aromatic nitrogens is 2. The van der Waals surface area contributed by atoms with Crippen LogP contribution in [0.4, 0.5) is 5.95 Å². The summed E-state index contributed by atoms with van der Waals surface area (Å²) < 4.78 is 27.7. The van der Waals surface area contributed by atoms with E-state index in [1.807, 2.05) is 0 Å². The zero-order valence-electron chi connectivity index (χ0n) is 6.03. The van der Waals surface area contributed by atoms with E-state index < -0.39 is 10.0 Å². The van der Waals surface area contributed by atoms with Crippen LogP contribution in [0.1, 0.15) is 5.89 Å². The number of aryl methyl sites for hydroxylation is 1. The van der Waals surface area contributed by atoms with E-state index in [1.54, 1.807) is 6.92 Å². The Balaban J connectivity index is 2.81. The van der Waals surface area contributed by atoms with Crippen molar-refractivity contribution >= 4 is 16.0 Å². The van der Waals surface area contributed by atoms with Crippen LogP contribution in [0.2, 0.25) is 0 Å². The van der Waals surface area contributed by atoms with E-state index in [2.05, 4.69) is 19.4 Å². The smallest absolute Gasteiger partial charge is 0.277 e. The average Bonchev–Trinajstić information content (AvgIpc) is 2.10. The summed E-state index contributed by atoms with van der Waals surface area (Å²) in [6.07, 6.45) is 1.01. The first kappa shape index (κ1) is 7.99. The van der Waals surface area contributed by atoms with Crippen LogP contribution in [0, 0.1) is 6.92 Å². The van der Waals surface area contributed by atoms with Gasteiger partial charge in [0, 0.05) is 6.92 Å². The van der Waals surface area contributed by atoms with Crippen LogP contribution >= 0.6 is 0 Å². The predicted molar refractivity (Wildman–Crippen MR) is 37.5 cm³/mol. The zero-order valence-corrected chi connectivity index (χ0v) is 6.84. The molecule has 1 heterocycles. The Labute approximate surface area is 63.7 Å². The molecule has 0 radical (unpaired) electrons. The maximum Gasteiger partial charge on any atom is 0.277 e. The standard InChI is InChI=1S/C4H7N3O3S/c1-3-5-4(6-10-3)7-11(2,8)9/h1-2H3,(H,6,7). The molecule has 0 saturated heterocycles. The van der Waals surface area contributed by atoms with E-state index in [9.17, 15) is 8.42 Å². The Kier molecular flexibility index (Phi) is 1.81. The molecule has 1 aromatic heterocycles. The van der Waals surface area contributed by atoms with Crippen molar-refractivity contribution < 1.29 is 12.9 Å². The van der Waals surface area contributed by atoms with Gasteiger partial charge in [0.2, 0.25) is 15.9 Å². The van der Waals surface area contributed by atoms with Crippen LogP contribution in [0.5, 0.6) is 0 Å². The summed E-state index contributed by atoms with van der Waals surface area (Å²) in [5.74, 6) is 0.279. The molecule has 0 aliphatic carbocycles. The number of rotatable bonds is 2. The topological polar surface area (TPSA) is 85.1 Å². The van der Waals surface area contributed by atoms with Gasteiger partial charge < -0.3 is 4.52 Å². The monoisotopic (exact) mass is 177 g/mol. The molecule has 0 aliphatic heterocycles. The van der Waals surface area contributed by atoms with Crippen LogP contribution in [0.15, 0.2) is 4.52 Å². The van der Waals surface area contributed by atoms with Gasteiger partial charge in [0.15, 0.2) is 0 Å². The van der Waals surface area contributed by atoms with E-state index in [0.29, 0.717) is 5.89 Å². The second-order valence-corrected chi connectivity index (χ2v) is 3.76. The first-order valence-electron chi connectivity index (χ1n) is 2.75. The highest BCUT2D eigenvalue weighted by molar-refractivity contribution is 7.91. The molecule has 0 aromatic carbocycles. The Morgan fingerprint density at radius 3 is 2.55 bits per heavy atom. The fourth-order valence-electron chi connectivity index (χ4n) is 0.507. The van der Waals surface area contributed by atoms with Gasteiger partial charge in [-0.05, 0) is 5.16 Å². The SMILES string of the molecule is Cc1nc(NS(C)(=O)=O)no1. The lowest BCUT2D eigenvalue weighted by molar-refractivity contribution is 0.395. The van der Waals surface area contributed by atoms with Gasteiger partial charge in [-0.15, -0.1) is 0 Å². The minimum absolute atomic E-state index is 0.0370. The quantitative estimate of drug-likeness (QED) is 0.673. The molecule has 0 unspecified atom stereocenters. The lowest BCUT2D eigenvalue weighted by Gasteiger charge is -1.93. The summed E-state index contributed by atoms with van der Waals surface area (Å²) in [7, 11) is -3.30. The summed E-state index contributed by atoms with van der Waals surface area (Å²) in [4.78, 5) is 3.63. The number of hydrogen-bond acceptors (Lipinski definition) is 5. The van der Waals surface area contributed by atoms with E-state index >= 15 is 0 Å². The molecule has 6 nitrogen and oxygen atoms in total. The van der Waals surface area contributed by atoms with Crippen molar-refractivity contribution in [2.45, 2.75) is 6.92 Å². The van der Waals surface area contributed by atoms with Gasteiger partial charge in [0.1, 0.15) is 0 Å². The van der Waals surface area contributed by atoms with Gasteiger partial charge in [0.05, 0.1) is 6.26 Å². The maximum atomic E-state index is 10.6. The highest BCUT2D eigenvalue weighted by Gasteiger charge is 2.06. The summed E-state index contributed by atoms with van der Waals surface area (Å²) >= 11 is 0. The molecule has 0 fully saturated rings. The predicted octanol–water partition coefficient (Wildman–Crippen LogP) is -0.250. The molecule has 0 aliphatic rings. The van der Waals surface area contributed by atoms with E-state index in [4.69, 9.17) is 0 Å². The van der Waals surface area contributed by atoms with Gasteiger partial charge >= 0.3 is 0 Å². The molecule has 62 valence electrons. The van der Waals surface area contributed by atoms with Crippen LogP contribution in [-0.2, 0) is 10.0 Å². The lowest BCUT2D eigenvalue weighted by Crippen LogP contribution is -2.10. The third-order valence-electron chi connectivity index (χ3n) is 0.804. The molecule has 0 saturated carbocycles. The third-order valence-corrected chi connectivity index (χ3v) is 1.36. The highest BCUT2D eigenvalue weighted by atomic mass is 32.2. The normalized spacial score (nSPS) is 11.5. The summed E-state index contributed by atoms with van der Waals surface area (Å²) in [6, 6.07) is 0. The Morgan fingerprint density at radius 1 is 1.55 bits per heavy atom. The van der Waals surface area contributed by atoms with Crippen molar-refractivity contribution in [2.24, 2.45) is 0 Å². The fraction of sp³-hybridized carbons (Fsp3) is 0.500. The number of nitrogens with one attached hydrogen (secondary N) is 1. The molecule has 0 spiro atoms. The van der Waals surface area contributed by atoms with Gasteiger partial charge in [-0.3, -0.25) is 0 Å². The zero-order chi connectivity index (χ0) is 8.48. The molecule has 1 aromatic rings. The second kappa shape index (κ2) is 2.50. The summed E-state index contributed by atoms with van der Waals surface area (Å²) in [5, 5.41) is 3.32. The largest absolute Gasteiger partial charge is 0.338 e. The highest BCUT2D eigenvalue weighted by Crippen LogP contribution is 2.01. The minimum atomic E-state index is -3.30. The van der Waals surface area contributed by atoms with Crippen LogP contribution in [-0.4, -0.2) is 24.8 Å². The Bertz CT molecular complexity index is 341. The molecule has 1 rings (SSSR count). The third kappa shape index (κ3) is 2.54. The van der Waals surface area contributed by atoms with Gasteiger partial charge in [0.25, 0.3) is 5.95 Å². The summed E-state index contributed by atoms with van der Waals surface area (Å²) in [5.41, 5.74) is 0. The minimum Gasteiger partial charge on any atom is -0.338 e. The summed E-state index contributed by atoms with van der Waals surface area (Å²) in [6.45, 7) is 1.57. The van der Waals surface area contributed by atoms with Gasteiger partial charge in [-0.2, -0.15) is 4.98 Å². The molecule has 0 amide bonds. The van der Waals surface area contributed by atoms with Crippen molar-refractivity contribution in [3.8, 4) is 0 Å². The van der Waals surface area contributed by atoms with E-state index in [0.717, 1.165) is 6.26 Å². The van der Waals surface area contributed by atoms with Gasteiger partial charge in [-0.25, -0.2) is 13.1 Å². The first-order valence-corrected chi connectivity index (χ1v) is 4.64. The van der Waals surface area contributed by atoms with Crippen molar-refractivity contribution in [3.05, 3.63) is 5.89 Å². The molecule has 11 heavy (non-hydrogen) atoms. The van der Waals surface area contributed by atoms with Crippen molar-refractivity contribution in [1.29, 1.82) is 0 Å². The number of hydrogen-bond donors (Lipinski definition) is 1. The molecular formula is C4H7N3O3S. The Morgan fingerprint density at radius 2 is 2.18 bits per heavy atom. The lowest BCUT2D eigenvalue weighted by atomic mass is 10.8. The van der Waals surface area contributed by atoms with Crippen molar-refractivity contribution in [3.63, 3.8) is 0 Å². The molecule has 0 atom stereocenters. The van der Waals surface area contributed by atoms with Crippen LogP contribution in [0.25, 0.3) is 0 Å². The van der Waals surface area contributed by atoms with E-state index in [-0.39, 0.29) is 5.95 Å². The number of nitrogens with zero attached hydrogens (tertiary/aromatic N) is 2. The molecular weight excluding hydrogens is 170 g/mol. The van der Waals surface area contributed by atoms with Crippen molar-refractivity contribution in [2.75, 3.05) is 11.0 Å². The first-order chi connectivity index (χ1) is 4.97. The van der Waals surface area contributed by atoms with Crippen molar-refractivity contribution in [1.82, 2.24) is 10.1 Å². The Hall–Kier alpha value is -1.11. The average molecular weight is 177 g/mol. The van der Waals surface area contributed by atoms with Crippen LogP contribution in [0.3, 0.4) is 0 Å². The fourth-order valence-corrected chi connectivity index (χ4v) is 0.921. The number of sulfonamides is 1. The molecule has 0 bridgehead atoms. The molecule has 1 N–H and O–H groups in total. The van der Waals surface area contributed by atoms with Gasteiger partial charge in [-0.1, -0.05) is 0 Å². The van der Waals surface area contributed by atoms with Crippen LogP contribution < -0.4 is 4.72 Å². The molecule has 7 heteroatoms. The number of anilines is 1.